The molecule has 0 aliphatic rings. The molecule has 0 bridgehead atoms. The number of rotatable bonds is 5. The van der Waals surface area contributed by atoms with Crippen LogP contribution in [0.1, 0.15) is 12.5 Å². The summed E-state index contributed by atoms with van der Waals surface area (Å²) in [6.45, 7) is 3.75. The molecule has 72 valence electrons. The largest absolute Gasteiger partial charge is 0.494 e. The van der Waals surface area contributed by atoms with Gasteiger partial charge in [-0.2, -0.15) is 7.05 Å². The van der Waals surface area contributed by atoms with Gasteiger partial charge in [0, 0.05) is 6.42 Å². The van der Waals surface area contributed by atoms with Crippen LogP contribution >= 0.6 is 0 Å². The fraction of sp³-hybridized carbons (Fsp3) is 0.364. The number of hydrogen-bond acceptors (Lipinski definition) is 1. The van der Waals surface area contributed by atoms with Gasteiger partial charge in [0.1, 0.15) is 5.75 Å². The van der Waals surface area contributed by atoms with E-state index in [1.54, 1.807) is 0 Å². The second-order valence-electron chi connectivity index (χ2n) is 2.91. The van der Waals surface area contributed by atoms with E-state index in [-0.39, 0.29) is 0 Å². The van der Waals surface area contributed by atoms with Gasteiger partial charge in [-0.05, 0) is 24.6 Å². The summed E-state index contributed by atoms with van der Waals surface area (Å²) in [6, 6.07) is 8.23. The van der Waals surface area contributed by atoms with Crippen molar-refractivity contribution in [2.75, 3.05) is 13.2 Å². The zero-order chi connectivity index (χ0) is 9.52. The molecule has 0 aliphatic heterocycles. The summed E-state index contributed by atoms with van der Waals surface area (Å²) in [7, 11) is 3.70. The molecule has 1 rings (SSSR count). The van der Waals surface area contributed by atoms with Crippen LogP contribution in [0.3, 0.4) is 0 Å². The van der Waals surface area contributed by atoms with Crippen LogP contribution in [-0.4, -0.2) is 13.2 Å². The van der Waals surface area contributed by atoms with Gasteiger partial charge in [0.2, 0.25) is 0 Å². The molecule has 0 unspecified atom stereocenters. The SMILES string of the molecule is [CH2-][NH2+]CCc1cccc(OCC)c1. The Morgan fingerprint density at radius 3 is 3.00 bits per heavy atom. The average molecular weight is 179 g/mol. The predicted octanol–water partition coefficient (Wildman–Crippen LogP) is 0.983. The van der Waals surface area contributed by atoms with Crippen LogP contribution in [0.2, 0.25) is 0 Å². The number of ether oxygens (including phenoxy) is 1. The molecule has 0 spiro atoms. The summed E-state index contributed by atoms with van der Waals surface area (Å²) >= 11 is 0. The van der Waals surface area contributed by atoms with E-state index >= 15 is 0 Å². The smallest absolute Gasteiger partial charge is 0.119 e. The molecule has 2 nitrogen and oxygen atoms in total. The third kappa shape index (κ3) is 3.47. The Balaban J connectivity index is 2.56. The maximum atomic E-state index is 5.40. The van der Waals surface area contributed by atoms with Crippen molar-refractivity contribution in [2.45, 2.75) is 13.3 Å². The molecule has 0 amide bonds. The molecular formula is C11H17NO. The Bertz CT molecular complexity index is 248. The average Bonchev–Trinajstić information content (AvgIpc) is 2.16. The molecule has 13 heavy (non-hydrogen) atoms. The fourth-order valence-corrected chi connectivity index (χ4v) is 1.23. The van der Waals surface area contributed by atoms with Crippen molar-refractivity contribution in [1.29, 1.82) is 0 Å². The van der Waals surface area contributed by atoms with E-state index in [9.17, 15) is 0 Å². The molecule has 2 heteroatoms. The first-order valence-electron chi connectivity index (χ1n) is 4.69. The predicted molar refractivity (Wildman–Crippen MR) is 53.5 cm³/mol. The van der Waals surface area contributed by atoms with Crippen molar-refractivity contribution in [1.82, 2.24) is 0 Å². The summed E-state index contributed by atoms with van der Waals surface area (Å²) in [5.74, 6) is 0.962. The first-order valence-corrected chi connectivity index (χ1v) is 4.69. The van der Waals surface area contributed by atoms with Crippen molar-refractivity contribution in [3.05, 3.63) is 36.9 Å². The second kappa shape index (κ2) is 5.60. The standard InChI is InChI=1S/C11H17NO/c1-3-13-11-6-4-5-10(9-11)7-8-12-2/h4-6,9H,2-3,7-8,12H2,1H3. The highest BCUT2D eigenvalue weighted by Gasteiger charge is 1.95. The van der Waals surface area contributed by atoms with Gasteiger partial charge >= 0.3 is 0 Å². The number of nitrogens with two attached hydrogens (primary N) is 1. The van der Waals surface area contributed by atoms with Crippen LogP contribution in [0.15, 0.2) is 24.3 Å². The topological polar surface area (TPSA) is 25.8 Å². The minimum Gasteiger partial charge on any atom is -0.494 e. The Hall–Kier alpha value is -1.02. The van der Waals surface area contributed by atoms with Crippen molar-refractivity contribution < 1.29 is 10.1 Å². The van der Waals surface area contributed by atoms with Gasteiger partial charge in [0.05, 0.1) is 13.2 Å². The maximum absolute atomic E-state index is 5.40. The molecule has 0 saturated heterocycles. The molecule has 0 saturated carbocycles. The molecule has 0 radical (unpaired) electrons. The third-order valence-electron chi connectivity index (χ3n) is 1.85. The first-order chi connectivity index (χ1) is 6.36. The van der Waals surface area contributed by atoms with E-state index in [0.29, 0.717) is 0 Å². The monoisotopic (exact) mass is 179 g/mol. The Kier molecular flexibility index (Phi) is 4.33. The molecule has 0 atom stereocenters. The highest BCUT2D eigenvalue weighted by atomic mass is 16.5. The summed E-state index contributed by atoms with van der Waals surface area (Å²) in [5.41, 5.74) is 1.31. The molecule has 1 aromatic carbocycles. The number of quaternary nitrogens is 1. The van der Waals surface area contributed by atoms with Crippen molar-refractivity contribution in [3.63, 3.8) is 0 Å². The zero-order valence-electron chi connectivity index (χ0n) is 8.12. The van der Waals surface area contributed by atoms with Crippen LogP contribution in [0.25, 0.3) is 0 Å². The molecule has 0 aliphatic carbocycles. The number of hydrogen-bond donors (Lipinski definition) is 1. The minimum atomic E-state index is 0.727. The molecule has 1 aromatic rings. The van der Waals surface area contributed by atoms with E-state index in [1.165, 1.54) is 5.56 Å². The van der Waals surface area contributed by atoms with Crippen molar-refractivity contribution in [3.8, 4) is 5.75 Å². The lowest BCUT2D eigenvalue weighted by molar-refractivity contribution is -0.594. The zero-order valence-corrected chi connectivity index (χ0v) is 8.12. The third-order valence-corrected chi connectivity index (χ3v) is 1.85. The fourth-order valence-electron chi connectivity index (χ4n) is 1.23. The van der Waals surface area contributed by atoms with Gasteiger partial charge in [-0.1, -0.05) is 12.1 Å². The quantitative estimate of drug-likeness (QED) is 0.670. The Morgan fingerprint density at radius 2 is 2.31 bits per heavy atom. The van der Waals surface area contributed by atoms with E-state index in [1.807, 2.05) is 24.4 Å². The van der Waals surface area contributed by atoms with E-state index < -0.39 is 0 Å². The van der Waals surface area contributed by atoms with Crippen LogP contribution < -0.4 is 10.1 Å². The summed E-state index contributed by atoms with van der Waals surface area (Å²) in [6.07, 6.45) is 1.05. The van der Waals surface area contributed by atoms with Gasteiger partial charge in [-0.3, -0.25) is 0 Å². The maximum Gasteiger partial charge on any atom is 0.119 e. The summed E-state index contributed by atoms with van der Waals surface area (Å²) in [5, 5.41) is 1.94. The Morgan fingerprint density at radius 1 is 1.46 bits per heavy atom. The van der Waals surface area contributed by atoms with Crippen LogP contribution in [0.4, 0.5) is 0 Å². The lowest BCUT2D eigenvalue weighted by Gasteiger charge is -2.05. The molecule has 0 aromatic heterocycles. The van der Waals surface area contributed by atoms with Gasteiger partial charge < -0.3 is 10.1 Å². The lowest BCUT2D eigenvalue weighted by atomic mass is 10.1. The van der Waals surface area contributed by atoms with Crippen LogP contribution in [0.5, 0.6) is 5.75 Å². The van der Waals surface area contributed by atoms with E-state index in [4.69, 9.17) is 4.74 Å². The van der Waals surface area contributed by atoms with Crippen LogP contribution in [-0.2, 0) is 6.42 Å². The minimum absolute atomic E-state index is 0.727. The second-order valence-corrected chi connectivity index (χ2v) is 2.91. The lowest BCUT2D eigenvalue weighted by Crippen LogP contribution is -2.77. The highest BCUT2D eigenvalue weighted by molar-refractivity contribution is 5.28. The normalized spacial score (nSPS) is 10.0. The summed E-state index contributed by atoms with van der Waals surface area (Å²) in [4.78, 5) is 0. The molecule has 2 N–H and O–H groups in total. The first kappa shape index (κ1) is 10.1. The van der Waals surface area contributed by atoms with Gasteiger partial charge in [-0.15, -0.1) is 0 Å². The van der Waals surface area contributed by atoms with E-state index in [2.05, 4.69) is 19.2 Å². The van der Waals surface area contributed by atoms with Gasteiger partial charge in [0.25, 0.3) is 0 Å². The molecular weight excluding hydrogens is 162 g/mol. The number of benzene rings is 1. The van der Waals surface area contributed by atoms with Crippen molar-refractivity contribution >= 4 is 0 Å². The molecule has 0 fully saturated rings. The van der Waals surface area contributed by atoms with Crippen molar-refractivity contribution in [2.24, 2.45) is 0 Å². The van der Waals surface area contributed by atoms with Crippen LogP contribution in [0, 0.1) is 7.05 Å². The highest BCUT2D eigenvalue weighted by Crippen LogP contribution is 2.12. The molecule has 0 heterocycles. The van der Waals surface area contributed by atoms with E-state index in [0.717, 1.165) is 25.3 Å². The van der Waals surface area contributed by atoms with Gasteiger partial charge in [-0.25, -0.2) is 0 Å². The van der Waals surface area contributed by atoms with Gasteiger partial charge in [0.15, 0.2) is 0 Å². The summed E-state index contributed by atoms with van der Waals surface area (Å²) < 4.78 is 5.40. The Labute approximate surface area is 79.9 Å².